The molecule has 19 heavy (non-hydrogen) atoms. The van der Waals surface area contributed by atoms with Crippen molar-refractivity contribution in [2.75, 3.05) is 24.7 Å². The maximum absolute atomic E-state index is 13.9. The zero-order valence-corrected chi connectivity index (χ0v) is 10.8. The van der Waals surface area contributed by atoms with Crippen molar-refractivity contribution in [1.82, 2.24) is 4.98 Å². The summed E-state index contributed by atoms with van der Waals surface area (Å²) in [5.74, 6) is 0.168. The second-order valence-corrected chi connectivity index (χ2v) is 5.31. The fourth-order valence-electron chi connectivity index (χ4n) is 3.21. The monoisotopic (exact) mass is 266 g/mol. The molecule has 0 spiro atoms. The molecule has 2 aliphatic rings. The van der Waals surface area contributed by atoms with Gasteiger partial charge in [0.2, 0.25) is 0 Å². The highest BCUT2D eigenvalue weighted by molar-refractivity contribution is 5.42. The summed E-state index contributed by atoms with van der Waals surface area (Å²) in [7, 11) is 0. The Morgan fingerprint density at radius 1 is 1.42 bits per heavy atom. The molecule has 0 aliphatic carbocycles. The molecule has 1 aromatic rings. The summed E-state index contributed by atoms with van der Waals surface area (Å²) in [4.78, 5) is 6.16. The number of pyridine rings is 1. The second kappa shape index (κ2) is 5.43. The minimum Gasteiger partial charge on any atom is -0.393 e. The minimum atomic E-state index is -0.355. The van der Waals surface area contributed by atoms with Crippen molar-refractivity contribution in [2.24, 2.45) is 5.92 Å². The van der Waals surface area contributed by atoms with E-state index in [1.807, 2.05) is 4.90 Å². The van der Waals surface area contributed by atoms with E-state index in [0.717, 1.165) is 19.4 Å². The van der Waals surface area contributed by atoms with E-state index in [1.165, 1.54) is 6.07 Å². The van der Waals surface area contributed by atoms with Crippen LogP contribution in [0.25, 0.3) is 0 Å². The molecular formula is C14H19FN2O2. The van der Waals surface area contributed by atoms with E-state index >= 15 is 0 Å². The second-order valence-electron chi connectivity index (χ2n) is 5.31. The van der Waals surface area contributed by atoms with Gasteiger partial charge in [0.1, 0.15) is 0 Å². The fourth-order valence-corrected chi connectivity index (χ4v) is 3.21. The van der Waals surface area contributed by atoms with E-state index in [1.54, 1.807) is 12.3 Å². The molecule has 0 radical (unpaired) electrons. The van der Waals surface area contributed by atoms with Gasteiger partial charge in [0, 0.05) is 31.3 Å². The van der Waals surface area contributed by atoms with Crippen LogP contribution in [0.15, 0.2) is 18.3 Å². The predicted molar refractivity (Wildman–Crippen MR) is 69.5 cm³/mol. The van der Waals surface area contributed by atoms with E-state index in [0.29, 0.717) is 25.5 Å². The molecular weight excluding hydrogens is 247 g/mol. The molecule has 0 bridgehead atoms. The van der Waals surface area contributed by atoms with Gasteiger partial charge in [-0.25, -0.2) is 9.37 Å². The zero-order chi connectivity index (χ0) is 13.2. The first-order valence-electron chi connectivity index (χ1n) is 6.90. The Hall–Kier alpha value is -1.20. The van der Waals surface area contributed by atoms with Crippen molar-refractivity contribution in [3.8, 4) is 0 Å². The number of aliphatic hydroxyl groups excluding tert-OH is 1. The summed E-state index contributed by atoms with van der Waals surface area (Å²) >= 11 is 0. The quantitative estimate of drug-likeness (QED) is 0.883. The van der Waals surface area contributed by atoms with Crippen molar-refractivity contribution in [2.45, 2.75) is 31.4 Å². The summed E-state index contributed by atoms with van der Waals surface area (Å²) in [6, 6.07) is 3.16. The SMILES string of the molecule is O[C@@H]1CCOC[C@@H]1[C@H]1CCCN1c1ncccc1F. The average molecular weight is 266 g/mol. The lowest BCUT2D eigenvalue weighted by Crippen LogP contribution is -2.46. The number of hydrogen-bond donors (Lipinski definition) is 1. The van der Waals surface area contributed by atoms with Crippen LogP contribution in [0.4, 0.5) is 10.2 Å². The Kier molecular flexibility index (Phi) is 3.66. The molecule has 104 valence electrons. The Morgan fingerprint density at radius 2 is 2.32 bits per heavy atom. The molecule has 1 aromatic heterocycles. The average Bonchev–Trinajstić information content (AvgIpc) is 2.89. The molecule has 4 nitrogen and oxygen atoms in total. The highest BCUT2D eigenvalue weighted by atomic mass is 19.1. The van der Waals surface area contributed by atoms with Crippen molar-refractivity contribution in [1.29, 1.82) is 0 Å². The maximum Gasteiger partial charge on any atom is 0.165 e. The van der Waals surface area contributed by atoms with Gasteiger partial charge in [0.05, 0.1) is 12.7 Å². The lowest BCUT2D eigenvalue weighted by atomic mass is 9.89. The van der Waals surface area contributed by atoms with Gasteiger partial charge in [-0.15, -0.1) is 0 Å². The Bertz CT molecular complexity index is 443. The summed E-state index contributed by atoms with van der Waals surface area (Å²) < 4.78 is 19.4. The third-order valence-electron chi connectivity index (χ3n) is 4.17. The van der Waals surface area contributed by atoms with Gasteiger partial charge in [0.15, 0.2) is 11.6 Å². The first kappa shape index (κ1) is 12.8. The van der Waals surface area contributed by atoms with Crippen LogP contribution in [0.3, 0.4) is 0 Å². The molecule has 3 heterocycles. The van der Waals surface area contributed by atoms with Gasteiger partial charge >= 0.3 is 0 Å². The number of halogens is 1. The lowest BCUT2D eigenvalue weighted by molar-refractivity contribution is -0.0438. The third-order valence-corrected chi connectivity index (χ3v) is 4.17. The van der Waals surface area contributed by atoms with E-state index < -0.39 is 0 Å². The number of aromatic nitrogens is 1. The third kappa shape index (κ3) is 2.44. The van der Waals surface area contributed by atoms with Crippen molar-refractivity contribution in [3.63, 3.8) is 0 Å². The van der Waals surface area contributed by atoms with Gasteiger partial charge in [-0.2, -0.15) is 0 Å². The first-order chi connectivity index (χ1) is 9.27. The largest absolute Gasteiger partial charge is 0.393 e. The molecule has 0 unspecified atom stereocenters. The first-order valence-corrected chi connectivity index (χ1v) is 6.90. The normalized spacial score (nSPS) is 31.7. The van der Waals surface area contributed by atoms with Gasteiger partial charge in [0.25, 0.3) is 0 Å². The molecule has 0 aromatic carbocycles. The number of anilines is 1. The summed E-state index contributed by atoms with van der Waals surface area (Å²) in [5, 5.41) is 10.1. The van der Waals surface area contributed by atoms with Gasteiger partial charge in [-0.05, 0) is 31.4 Å². The Balaban J connectivity index is 1.83. The molecule has 3 rings (SSSR count). The van der Waals surface area contributed by atoms with Crippen LogP contribution in [-0.2, 0) is 4.74 Å². The van der Waals surface area contributed by atoms with Crippen LogP contribution in [0.5, 0.6) is 0 Å². The molecule has 0 saturated carbocycles. The highest BCUT2D eigenvalue weighted by Crippen LogP contribution is 2.33. The van der Waals surface area contributed by atoms with Crippen LogP contribution >= 0.6 is 0 Å². The summed E-state index contributed by atoms with van der Waals surface area (Å²) in [5.41, 5.74) is 0. The number of nitrogens with zero attached hydrogens (tertiary/aromatic N) is 2. The van der Waals surface area contributed by atoms with Gasteiger partial charge < -0.3 is 14.7 Å². The van der Waals surface area contributed by atoms with Crippen molar-refractivity contribution >= 4 is 5.82 Å². The predicted octanol–water partition coefficient (Wildman–Crippen LogP) is 1.59. The minimum absolute atomic E-state index is 0.0534. The van der Waals surface area contributed by atoms with Crippen LogP contribution in [0.2, 0.25) is 0 Å². The summed E-state index contributed by atoms with van der Waals surface area (Å²) in [6.45, 7) is 1.96. The molecule has 5 heteroatoms. The van der Waals surface area contributed by atoms with Gasteiger partial charge in [-0.3, -0.25) is 0 Å². The van der Waals surface area contributed by atoms with Gasteiger partial charge in [-0.1, -0.05) is 0 Å². The summed E-state index contributed by atoms with van der Waals surface area (Å²) in [6.07, 6.45) is 3.89. The lowest BCUT2D eigenvalue weighted by Gasteiger charge is -2.37. The molecule has 1 N–H and O–H groups in total. The Labute approximate surface area is 112 Å². The molecule has 2 fully saturated rings. The highest BCUT2D eigenvalue weighted by Gasteiger charge is 2.38. The number of rotatable bonds is 2. The molecule has 0 amide bonds. The van der Waals surface area contributed by atoms with E-state index in [4.69, 9.17) is 4.74 Å². The number of ether oxygens (including phenoxy) is 1. The van der Waals surface area contributed by atoms with E-state index in [-0.39, 0.29) is 23.9 Å². The molecule has 2 aliphatic heterocycles. The standard InChI is InChI=1S/C14H19FN2O2/c15-11-3-1-6-16-14(11)17-7-2-4-12(17)10-9-19-8-5-13(10)18/h1,3,6,10,12-13,18H,2,4-5,7-9H2/t10-,12-,13-/m1/s1. The van der Waals surface area contributed by atoms with Crippen LogP contribution in [-0.4, -0.2) is 42.0 Å². The number of hydrogen-bond acceptors (Lipinski definition) is 4. The molecule has 2 saturated heterocycles. The zero-order valence-electron chi connectivity index (χ0n) is 10.8. The maximum atomic E-state index is 13.9. The molecule has 3 atom stereocenters. The van der Waals surface area contributed by atoms with E-state index in [2.05, 4.69) is 4.98 Å². The van der Waals surface area contributed by atoms with Crippen LogP contribution < -0.4 is 4.90 Å². The number of aliphatic hydroxyl groups is 1. The van der Waals surface area contributed by atoms with Crippen molar-refractivity contribution < 1.29 is 14.2 Å². The topological polar surface area (TPSA) is 45.6 Å². The van der Waals surface area contributed by atoms with Crippen molar-refractivity contribution in [3.05, 3.63) is 24.1 Å². The smallest absolute Gasteiger partial charge is 0.165 e. The van der Waals surface area contributed by atoms with Crippen LogP contribution in [0, 0.1) is 11.7 Å². The van der Waals surface area contributed by atoms with Crippen LogP contribution in [0.1, 0.15) is 19.3 Å². The van der Waals surface area contributed by atoms with E-state index in [9.17, 15) is 9.50 Å². The fraction of sp³-hybridized carbons (Fsp3) is 0.643. The Morgan fingerprint density at radius 3 is 3.11 bits per heavy atom.